The van der Waals surface area contributed by atoms with Crippen LogP contribution in [0.25, 0.3) is 0 Å². The first kappa shape index (κ1) is 11.5. The van der Waals surface area contributed by atoms with Gasteiger partial charge in [-0.2, -0.15) is 0 Å². The molecular formula is C13H17F2N. The standard InChI is InChI=1S/C13H17F2N/c14-11-5-4-10(8-12(11)15)13(9-16)6-2-1-3-7-13/h4-5,8H,1-3,6-7,9,16H2. The lowest BCUT2D eigenvalue weighted by Gasteiger charge is -2.36. The largest absolute Gasteiger partial charge is 0.330 e. The molecule has 1 aliphatic rings. The lowest BCUT2D eigenvalue weighted by atomic mass is 9.69. The van der Waals surface area contributed by atoms with Crippen molar-refractivity contribution in [3.63, 3.8) is 0 Å². The Morgan fingerprint density at radius 1 is 1.06 bits per heavy atom. The Balaban J connectivity index is 2.35. The van der Waals surface area contributed by atoms with Crippen LogP contribution in [0.2, 0.25) is 0 Å². The van der Waals surface area contributed by atoms with E-state index in [1.165, 1.54) is 18.6 Å². The summed E-state index contributed by atoms with van der Waals surface area (Å²) in [6, 6.07) is 4.20. The summed E-state index contributed by atoms with van der Waals surface area (Å²) in [6.07, 6.45) is 5.42. The van der Waals surface area contributed by atoms with Crippen LogP contribution in [0.1, 0.15) is 37.7 Å². The number of benzene rings is 1. The van der Waals surface area contributed by atoms with Gasteiger partial charge in [-0.15, -0.1) is 0 Å². The molecule has 0 bridgehead atoms. The Bertz CT molecular complexity index is 370. The van der Waals surface area contributed by atoms with Gasteiger partial charge in [0.05, 0.1) is 0 Å². The summed E-state index contributed by atoms with van der Waals surface area (Å²) < 4.78 is 26.1. The minimum absolute atomic E-state index is 0.132. The molecule has 1 fully saturated rings. The van der Waals surface area contributed by atoms with Crippen LogP contribution in [-0.4, -0.2) is 6.54 Å². The zero-order valence-electron chi connectivity index (χ0n) is 9.31. The zero-order chi connectivity index (χ0) is 11.6. The van der Waals surface area contributed by atoms with Crippen molar-refractivity contribution in [2.75, 3.05) is 6.54 Å². The van der Waals surface area contributed by atoms with Gasteiger partial charge in [-0.05, 0) is 30.5 Å². The number of nitrogens with two attached hydrogens (primary N) is 1. The molecule has 88 valence electrons. The van der Waals surface area contributed by atoms with Crippen LogP contribution >= 0.6 is 0 Å². The maximum atomic E-state index is 13.2. The summed E-state index contributed by atoms with van der Waals surface area (Å²) in [5, 5.41) is 0. The highest BCUT2D eigenvalue weighted by molar-refractivity contribution is 5.28. The molecule has 3 heteroatoms. The van der Waals surface area contributed by atoms with E-state index in [-0.39, 0.29) is 5.41 Å². The molecule has 0 aliphatic heterocycles. The number of halogens is 2. The van der Waals surface area contributed by atoms with Crippen molar-refractivity contribution >= 4 is 0 Å². The van der Waals surface area contributed by atoms with Gasteiger partial charge in [-0.25, -0.2) is 8.78 Å². The van der Waals surface area contributed by atoms with Crippen LogP contribution in [0.4, 0.5) is 8.78 Å². The third-order valence-corrected chi connectivity index (χ3v) is 3.73. The molecule has 0 atom stereocenters. The Kier molecular flexibility index (Phi) is 3.24. The summed E-state index contributed by atoms with van der Waals surface area (Å²) in [7, 11) is 0. The van der Waals surface area contributed by atoms with E-state index < -0.39 is 11.6 Å². The smallest absolute Gasteiger partial charge is 0.159 e. The van der Waals surface area contributed by atoms with Crippen LogP contribution in [0.5, 0.6) is 0 Å². The third-order valence-electron chi connectivity index (χ3n) is 3.73. The monoisotopic (exact) mass is 225 g/mol. The molecule has 0 saturated heterocycles. The molecular weight excluding hydrogens is 208 g/mol. The van der Waals surface area contributed by atoms with E-state index in [4.69, 9.17) is 5.73 Å². The van der Waals surface area contributed by atoms with Gasteiger partial charge in [-0.3, -0.25) is 0 Å². The predicted octanol–water partition coefficient (Wildman–Crippen LogP) is 3.13. The molecule has 0 radical (unpaired) electrons. The second-order valence-corrected chi connectivity index (χ2v) is 4.67. The lowest BCUT2D eigenvalue weighted by Crippen LogP contribution is -2.37. The Labute approximate surface area is 94.7 Å². The fourth-order valence-corrected chi connectivity index (χ4v) is 2.67. The Hall–Kier alpha value is -0.960. The number of hydrogen-bond donors (Lipinski definition) is 1. The minimum Gasteiger partial charge on any atom is -0.330 e. The molecule has 0 amide bonds. The van der Waals surface area contributed by atoms with Gasteiger partial charge < -0.3 is 5.73 Å². The Morgan fingerprint density at radius 3 is 2.31 bits per heavy atom. The average Bonchev–Trinajstić information content (AvgIpc) is 2.33. The average molecular weight is 225 g/mol. The van der Waals surface area contributed by atoms with E-state index in [0.29, 0.717) is 6.54 Å². The highest BCUT2D eigenvalue weighted by Crippen LogP contribution is 2.38. The summed E-state index contributed by atoms with van der Waals surface area (Å²) in [5.41, 5.74) is 6.57. The zero-order valence-corrected chi connectivity index (χ0v) is 9.31. The molecule has 0 heterocycles. The van der Waals surface area contributed by atoms with Crippen LogP contribution < -0.4 is 5.73 Å². The van der Waals surface area contributed by atoms with E-state index >= 15 is 0 Å². The van der Waals surface area contributed by atoms with Crippen LogP contribution in [0.15, 0.2) is 18.2 Å². The predicted molar refractivity (Wildman–Crippen MR) is 60.2 cm³/mol. The second-order valence-electron chi connectivity index (χ2n) is 4.67. The molecule has 1 aliphatic carbocycles. The molecule has 1 saturated carbocycles. The van der Waals surface area contributed by atoms with E-state index in [2.05, 4.69) is 0 Å². The van der Waals surface area contributed by atoms with Crippen LogP contribution in [0.3, 0.4) is 0 Å². The number of rotatable bonds is 2. The van der Waals surface area contributed by atoms with Crippen molar-refractivity contribution in [3.05, 3.63) is 35.4 Å². The first-order chi connectivity index (χ1) is 7.68. The van der Waals surface area contributed by atoms with Crippen molar-refractivity contribution in [2.24, 2.45) is 5.73 Å². The van der Waals surface area contributed by atoms with Gasteiger partial charge in [0, 0.05) is 12.0 Å². The minimum atomic E-state index is -0.785. The molecule has 1 aromatic carbocycles. The second kappa shape index (κ2) is 4.50. The van der Waals surface area contributed by atoms with Gasteiger partial charge in [0.1, 0.15) is 0 Å². The summed E-state index contributed by atoms with van der Waals surface area (Å²) in [6.45, 7) is 0.512. The van der Waals surface area contributed by atoms with Gasteiger partial charge in [-0.1, -0.05) is 25.3 Å². The van der Waals surface area contributed by atoms with Crippen molar-refractivity contribution in [2.45, 2.75) is 37.5 Å². The summed E-state index contributed by atoms with van der Waals surface area (Å²) in [4.78, 5) is 0. The molecule has 2 rings (SSSR count). The lowest BCUT2D eigenvalue weighted by molar-refractivity contribution is 0.299. The highest BCUT2D eigenvalue weighted by Gasteiger charge is 2.32. The van der Waals surface area contributed by atoms with Gasteiger partial charge >= 0.3 is 0 Å². The van der Waals surface area contributed by atoms with Gasteiger partial charge in [0.2, 0.25) is 0 Å². The van der Waals surface area contributed by atoms with Crippen molar-refractivity contribution in [3.8, 4) is 0 Å². The Morgan fingerprint density at radius 2 is 1.75 bits per heavy atom. The quantitative estimate of drug-likeness (QED) is 0.822. The maximum Gasteiger partial charge on any atom is 0.159 e. The van der Waals surface area contributed by atoms with Crippen LogP contribution in [-0.2, 0) is 5.41 Å². The molecule has 1 aromatic rings. The third kappa shape index (κ3) is 1.96. The molecule has 16 heavy (non-hydrogen) atoms. The van der Waals surface area contributed by atoms with Crippen LogP contribution in [0, 0.1) is 11.6 Å². The van der Waals surface area contributed by atoms with E-state index in [1.54, 1.807) is 6.07 Å². The first-order valence-electron chi connectivity index (χ1n) is 5.83. The topological polar surface area (TPSA) is 26.0 Å². The molecule has 2 N–H and O–H groups in total. The van der Waals surface area contributed by atoms with E-state index in [9.17, 15) is 8.78 Å². The normalized spacial score (nSPS) is 19.7. The van der Waals surface area contributed by atoms with E-state index in [1.807, 2.05) is 0 Å². The van der Waals surface area contributed by atoms with Gasteiger partial charge in [0.15, 0.2) is 11.6 Å². The molecule has 1 nitrogen and oxygen atoms in total. The first-order valence-corrected chi connectivity index (χ1v) is 5.83. The fourth-order valence-electron chi connectivity index (χ4n) is 2.67. The maximum absolute atomic E-state index is 13.2. The van der Waals surface area contributed by atoms with Crippen molar-refractivity contribution in [1.82, 2.24) is 0 Å². The number of hydrogen-bond acceptors (Lipinski definition) is 1. The summed E-state index contributed by atoms with van der Waals surface area (Å²) >= 11 is 0. The highest BCUT2D eigenvalue weighted by atomic mass is 19.2. The molecule has 0 aromatic heterocycles. The van der Waals surface area contributed by atoms with Crippen molar-refractivity contribution in [1.29, 1.82) is 0 Å². The van der Waals surface area contributed by atoms with E-state index in [0.717, 1.165) is 31.2 Å². The van der Waals surface area contributed by atoms with Gasteiger partial charge in [0.25, 0.3) is 0 Å². The van der Waals surface area contributed by atoms with Crippen molar-refractivity contribution < 1.29 is 8.78 Å². The summed E-state index contributed by atoms with van der Waals surface area (Å²) in [5.74, 6) is -1.55. The molecule has 0 unspecified atom stereocenters. The SMILES string of the molecule is NCC1(c2ccc(F)c(F)c2)CCCCC1. The fraction of sp³-hybridized carbons (Fsp3) is 0.538. The molecule has 0 spiro atoms.